The van der Waals surface area contributed by atoms with E-state index in [2.05, 4.69) is 5.32 Å². The second-order valence-electron chi connectivity index (χ2n) is 7.63. The first-order chi connectivity index (χ1) is 15.2. The number of rotatable bonds is 10. The number of benzene rings is 1. The Morgan fingerprint density at radius 1 is 1.16 bits per heavy atom. The Balaban J connectivity index is 2.10. The number of amides is 1. The summed E-state index contributed by atoms with van der Waals surface area (Å²) in [7, 11) is 1.29. The third-order valence-corrected chi connectivity index (χ3v) is 4.88. The maximum Gasteiger partial charge on any atom is 0.328 e. The van der Waals surface area contributed by atoms with E-state index in [-0.39, 0.29) is 16.4 Å². The number of carbonyl (C=O) groups is 2. The monoisotopic (exact) mass is 446 g/mol. The van der Waals surface area contributed by atoms with E-state index in [0.29, 0.717) is 12.2 Å². The molecule has 3 atom stereocenters. The number of carbonyl (C=O) groups excluding carboxylic acids is 2. The highest BCUT2D eigenvalue weighted by atomic mass is 16.6. The Bertz CT molecular complexity index is 918. The van der Waals surface area contributed by atoms with Crippen molar-refractivity contribution in [3.8, 4) is 17.2 Å². The zero-order valence-corrected chi connectivity index (χ0v) is 18.9. The molecule has 1 aromatic carbocycles. The van der Waals surface area contributed by atoms with E-state index < -0.39 is 41.6 Å². The first-order valence-electron chi connectivity index (χ1n) is 10.4. The van der Waals surface area contributed by atoms with Gasteiger partial charge in [0.25, 0.3) is 0 Å². The van der Waals surface area contributed by atoms with Crippen molar-refractivity contribution in [3.05, 3.63) is 53.5 Å². The van der Waals surface area contributed by atoms with Gasteiger partial charge in [-0.15, -0.1) is 0 Å². The molecular formula is C23H30N2O7. The van der Waals surface area contributed by atoms with E-state index in [1.54, 1.807) is 0 Å². The molecule has 0 unspecified atom stereocenters. The highest BCUT2D eigenvalue weighted by Gasteiger charge is 2.32. The summed E-state index contributed by atoms with van der Waals surface area (Å²) < 4.78 is 16.8. The summed E-state index contributed by atoms with van der Waals surface area (Å²) in [4.78, 5) is 25.2. The minimum absolute atomic E-state index is 0.0404. The molecule has 1 amide bonds. The van der Waals surface area contributed by atoms with Gasteiger partial charge in [-0.25, -0.2) is 4.79 Å². The summed E-state index contributed by atoms with van der Waals surface area (Å²) in [5, 5.41) is 24.5. The molecule has 0 saturated carbocycles. The molecule has 0 fully saturated rings. The number of pyridine rings is 1. The molecule has 2 N–H and O–H groups in total. The highest BCUT2D eigenvalue weighted by molar-refractivity contribution is 5.96. The van der Waals surface area contributed by atoms with E-state index >= 15 is 0 Å². The Morgan fingerprint density at radius 3 is 2.38 bits per heavy atom. The smallest absolute Gasteiger partial charge is 0.328 e. The lowest BCUT2D eigenvalue weighted by molar-refractivity contribution is -0.608. The Hall–Kier alpha value is -3.49. The van der Waals surface area contributed by atoms with Crippen LogP contribution in [0.2, 0.25) is 0 Å². The van der Waals surface area contributed by atoms with Gasteiger partial charge in [0.05, 0.1) is 7.11 Å². The van der Waals surface area contributed by atoms with Gasteiger partial charge in [-0.3, -0.25) is 4.79 Å². The predicted octanol–water partition coefficient (Wildman–Crippen LogP) is 2.58. The van der Waals surface area contributed by atoms with Crippen molar-refractivity contribution >= 4 is 11.9 Å². The second kappa shape index (κ2) is 11.2. The molecule has 2 aromatic rings. The molecule has 0 aliphatic carbocycles. The van der Waals surface area contributed by atoms with Crippen LogP contribution in [0, 0.1) is 11.1 Å². The van der Waals surface area contributed by atoms with Gasteiger partial charge in [0, 0.05) is 6.07 Å². The van der Waals surface area contributed by atoms with E-state index in [0.717, 1.165) is 6.20 Å². The maximum absolute atomic E-state index is 12.7. The van der Waals surface area contributed by atoms with Crippen molar-refractivity contribution in [2.75, 3.05) is 7.11 Å². The summed E-state index contributed by atoms with van der Waals surface area (Å²) in [6.07, 6.45) is 0.564. The molecule has 32 heavy (non-hydrogen) atoms. The molecule has 9 heteroatoms. The average Bonchev–Trinajstić information content (AvgIpc) is 2.76. The van der Waals surface area contributed by atoms with Gasteiger partial charge in [0.15, 0.2) is 11.9 Å². The van der Waals surface area contributed by atoms with Crippen molar-refractivity contribution < 1.29 is 33.6 Å². The van der Waals surface area contributed by atoms with Crippen molar-refractivity contribution in [1.82, 2.24) is 5.32 Å². The summed E-state index contributed by atoms with van der Waals surface area (Å²) in [5.74, 6) is -1.57. The number of para-hydroxylation sites is 1. The maximum atomic E-state index is 12.7. The standard InChI is InChI=1S/C23H30N2O7/c1-6-17(21(14(2)3)31-16-10-8-7-9-11-16)32-23(28)15(4)24-22(27)19-20(26)18(30-5)12-13-25(19)29/h7-15,17,21,26H,6H2,1-5H3,(H,24,27)/t15-,17-,21+/m0/s1. The Labute approximate surface area is 187 Å². The number of hydrogen-bond donors (Lipinski definition) is 2. The Kier molecular flexibility index (Phi) is 8.69. The molecule has 0 spiro atoms. The van der Waals surface area contributed by atoms with E-state index in [4.69, 9.17) is 14.2 Å². The second-order valence-corrected chi connectivity index (χ2v) is 7.63. The molecule has 0 aliphatic rings. The van der Waals surface area contributed by atoms with Gasteiger partial charge < -0.3 is 29.8 Å². The molecule has 0 radical (unpaired) electrons. The first kappa shape index (κ1) is 24.8. The zero-order valence-electron chi connectivity index (χ0n) is 18.9. The summed E-state index contributed by atoms with van der Waals surface area (Å²) in [5.41, 5.74) is -0.580. The quantitative estimate of drug-likeness (QED) is 0.327. The number of esters is 1. The normalized spacial score (nSPS) is 13.7. The van der Waals surface area contributed by atoms with Crippen molar-refractivity contribution in [3.63, 3.8) is 0 Å². The van der Waals surface area contributed by atoms with Crippen molar-refractivity contribution in [1.29, 1.82) is 0 Å². The molecule has 0 aliphatic heterocycles. The Morgan fingerprint density at radius 2 is 1.81 bits per heavy atom. The molecule has 174 valence electrons. The minimum atomic E-state index is -1.08. The van der Waals surface area contributed by atoms with Crippen LogP contribution < -0.4 is 19.5 Å². The zero-order chi connectivity index (χ0) is 23.8. The van der Waals surface area contributed by atoms with Crippen LogP contribution in [0.25, 0.3) is 0 Å². The first-order valence-corrected chi connectivity index (χ1v) is 10.4. The largest absolute Gasteiger partial charge is 0.618 e. The van der Waals surface area contributed by atoms with Crippen LogP contribution in [-0.2, 0) is 9.53 Å². The van der Waals surface area contributed by atoms with Crippen molar-refractivity contribution in [2.45, 2.75) is 52.4 Å². The van der Waals surface area contributed by atoms with Gasteiger partial charge in [-0.05, 0) is 31.4 Å². The molecule has 1 heterocycles. The number of ether oxygens (including phenoxy) is 3. The number of nitrogens with zero attached hydrogens (tertiary/aromatic N) is 1. The van der Waals surface area contributed by atoms with Crippen LogP contribution >= 0.6 is 0 Å². The van der Waals surface area contributed by atoms with Gasteiger partial charge >= 0.3 is 17.6 Å². The summed E-state index contributed by atoms with van der Waals surface area (Å²) >= 11 is 0. The number of nitrogens with one attached hydrogen (secondary N) is 1. The van der Waals surface area contributed by atoms with Gasteiger partial charge in [0.1, 0.15) is 24.0 Å². The summed E-state index contributed by atoms with van der Waals surface area (Å²) in [6.45, 7) is 7.24. The van der Waals surface area contributed by atoms with Crippen molar-refractivity contribution in [2.24, 2.45) is 5.92 Å². The third-order valence-electron chi connectivity index (χ3n) is 4.88. The SMILES string of the molecule is CC[C@H](OC(=O)[C@H](C)NC(=O)c1c(O)c(OC)cc[n+]1[O-])[C@H](Oc1ccccc1)C(C)C. The average molecular weight is 447 g/mol. The van der Waals surface area contributed by atoms with Crippen LogP contribution in [0.3, 0.4) is 0 Å². The van der Waals surface area contributed by atoms with Crippen LogP contribution in [0.15, 0.2) is 42.6 Å². The van der Waals surface area contributed by atoms with Crippen LogP contribution in [0.4, 0.5) is 0 Å². The van der Waals surface area contributed by atoms with E-state index in [1.165, 1.54) is 20.1 Å². The van der Waals surface area contributed by atoms with E-state index in [9.17, 15) is 19.9 Å². The molecule has 9 nitrogen and oxygen atoms in total. The molecule has 0 bridgehead atoms. The fourth-order valence-corrected chi connectivity index (χ4v) is 3.14. The lowest BCUT2D eigenvalue weighted by Crippen LogP contribution is -2.47. The highest BCUT2D eigenvalue weighted by Crippen LogP contribution is 2.26. The van der Waals surface area contributed by atoms with Crippen LogP contribution in [-0.4, -0.2) is 42.3 Å². The lowest BCUT2D eigenvalue weighted by Gasteiger charge is -2.30. The van der Waals surface area contributed by atoms with Crippen LogP contribution in [0.5, 0.6) is 17.2 Å². The minimum Gasteiger partial charge on any atom is -0.618 e. The van der Waals surface area contributed by atoms with Gasteiger partial charge in [0.2, 0.25) is 5.75 Å². The number of aromatic hydroxyl groups is 1. The lowest BCUT2D eigenvalue weighted by atomic mass is 9.99. The number of methoxy groups -OCH3 is 1. The molecule has 0 saturated heterocycles. The van der Waals surface area contributed by atoms with Gasteiger partial charge in [-0.1, -0.05) is 39.0 Å². The number of aromatic nitrogens is 1. The van der Waals surface area contributed by atoms with Gasteiger partial charge in [-0.2, -0.15) is 4.73 Å². The van der Waals surface area contributed by atoms with Crippen LogP contribution in [0.1, 0.15) is 44.6 Å². The predicted molar refractivity (Wildman–Crippen MR) is 116 cm³/mol. The van der Waals surface area contributed by atoms with E-state index in [1.807, 2.05) is 51.1 Å². The fourth-order valence-electron chi connectivity index (χ4n) is 3.14. The molecular weight excluding hydrogens is 416 g/mol. The third kappa shape index (κ3) is 6.03. The fraction of sp³-hybridized carbons (Fsp3) is 0.435. The number of hydrogen-bond acceptors (Lipinski definition) is 7. The molecule has 1 aromatic heterocycles. The molecule has 2 rings (SSSR count). The topological polar surface area (TPSA) is 121 Å². The summed E-state index contributed by atoms with van der Waals surface area (Å²) in [6, 6.07) is 9.39.